The van der Waals surface area contributed by atoms with Crippen LogP contribution in [0.25, 0.3) is 0 Å². The molecule has 3 aromatic rings. The number of carbonyl (C=O) groups is 3. The number of amides is 3. The van der Waals surface area contributed by atoms with E-state index < -0.39 is 11.8 Å². The first-order valence-corrected chi connectivity index (χ1v) is 11.9. The highest BCUT2D eigenvalue weighted by atomic mass is 79.9. The van der Waals surface area contributed by atoms with E-state index in [1.165, 1.54) is 0 Å². The second-order valence-electron chi connectivity index (χ2n) is 7.24. The normalized spacial score (nSPS) is 10.2. The fraction of sp³-hybridized carbons (Fsp3) is 0.120. The van der Waals surface area contributed by atoms with E-state index in [1.807, 2.05) is 6.07 Å². The number of methoxy groups -OCH3 is 1. The van der Waals surface area contributed by atoms with Gasteiger partial charge in [0.25, 0.3) is 17.7 Å². The molecule has 186 valence electrons. The van der Waals surface area contributed by atoms with Gasteiger partial charge in [0.2, 0.25) is 0 Å². The van der Waals surface area contributed by atoms with Crippen LogP contribution in [0.4, 0.5) is 5.69 Å². The number of anilines is 1. The minimum Gasteiger partial charge on any atom is -0.490 e. The Morgan fingerprint density at radius 1 is 0.833 bits per heavy atom. The van der Waals surface area contributed by atoms with E-state index in [-0.39, 0.29) is 23.2 Å². The maximum Gasteiger partial charge on any atom is 0.269 e. The molecule has 3 rings (SSSR count). The molecule has 11 heteroatoms. The van der Waals surface area contributed by atoms with Crippen LogP contribution in [0.1, 0.15) is 31.1 Å². The maximum absolute atomic E-state index is 12.7. The van der Waals surface area contributed by atoms with Gasteiger partial charge in [0.1, 0.15) is 12.4 Å². The summed E-state index contributed by atoms with van der Waals surface area (Å²) in [6, 6.07) is 20.1. The molecule has 0 aromatic heterocycles. The Morgan fingerprint density at radius 2 is 1.53 bits per heavy atom. The number of hydrogen-bond donors (Lipinski definition) is 4. The summed E-state index contributed by atoms with van der Waals surface area (Å²) in [4.78, 5) is 37.4. The van der Waals surface area contributed by atoms with Crippen molar-refractivity contribution in [2.45, 2.75) is 0 Å². The Balaban J connectivity index is 1.51. The summed E-state index contributed by atoms with van der Waals surface area (Å²) in [5.41, 5.74) is 6.54. The fourth-order valence-corrected chi connectivity index (χ4v) is 3.43. The molecule has 0 atom stereocenters. The zero-order chi connectivity index (χ0) is 25.9. The van der Waals surface area contributed by atoms with Gasteiger partial charge in [-0.25, -0.2) is 0 Å². The van der Waals surface area contributed by atoms with Crippen LogP contribution < -0.4 is 26.2 Å². The van der Waals surface area contributed by atoms with Gasteiger partial charge in [-0.2, -0.15) is 0 Å². The minimum atomic E-state index is -0.519. The third-order valence-electron chi connectivity index (χ3n) is 4.69. The van der Waals surface area contributed by atoms with Crippen molar-refractivity contribution in [1.29, 1.82) is 0 Å². The van der Waals surface area contributed by atoms with Crippen molar-refractivity contribution in [3.63, 3.8) is 0 Å². The van der Waals surface area contributed by atoms with Gasteiger partial charge < -0.3 is 14.8 Å². The minimum absolute atomic E-state index is 0.108. The lowest BCUT2D eigenvalue weighted by molar-refractivity contribution is 0.0933. The van der Waals surface area contributed by atoms with Crippen LogP contribution in [-0.4, -0.2) is 43.2 Å². The second kappa shape index (κ2) is 13.3. The Hall–Kier alpha value is -3.80. The summed E-state index contributed by atoms with van der Waals surface area (Å²) >= 11 is 8.45. The summed E-state index contributed by atoms with van der Waals surface area (Å²) in [7, 11) is 1.55. The van der Waals surface area contributed by atoms with Crippen LogP contribution in [0.2, 0.25) is 0 Å². The van der Waals surface area contributed by atoms with Gasteiger partial charge >= 0.3 is 0 Å². The standard InChI is InChI=1S/C25H23BrN4O5S/c1-34-13-14-35-21-12-9-18(26)15-20(21)24(33)28-25(36)30-29-23(32)17-7-10-19(11-8-17)27-22(31)16-5-3-2-4-6-16/h2-12,15H,13-14H2,1H3,(H,27,31)(H,29,32)(H2,28,30,33,36). The summed E-state index contributed by atoms with van der Waals surface area (Å²) in [5, 5.41) is 5.15. The van der Waals surface area contributed by atoms with Crippen LogP contribution in [0.5, 0.6) is 5.75 Å². The molecule has 3 amide bonds. The number of rotatable bonds is 8. The number of hydrazine groups is 1. The maximum atomic E-state index is 12.7. The third-order valence-corrected chi connectivity index (χ3v) is 5.39. The quantitative estimate of drug-likeness (QED) is 0.185. The second-order valence-corrected chi connectivity index (χ2v) is 8.57. The molecular weight excluding hydrogens is 548 g/mol. The van der Waals surface area contributed by atoms with E-state index in [9.17, 15) is 14.4 Å². The SMILES string of the molecule is COCCOc1ccc(Br)cc1C(=O)NC(=S)NNC(=O)c1ccc(NC(=O)c2ccccc2)cc1. The predicted octanol–water partition coefficient (Wildman–Crippen LogP) is 3.68. The van der Waals surface area contributed by atoms with Crippen molar-refractivity contribution >= 4 is 56.7 Å². The molecule has 0 radical (unpaired) electrons. The first kappa shape index (κ1) is 26.8. The van der Waals surface area contributed by atoms with Crippen molar-refractivity contribution < 1.29 is 23.9 Å². The first-order valence-electron chi connectivity index (χ1n) is 10.7. The lowest BCUT2D eigenvalue weighted by atomic mass is 10.1. The van der Waals surface area contributed by atoms with Gasteiger partial charge in [-0.15, -0.1) is 0 Å². The molecule has 4 N–H and O–H groups in total. The molecule has 0 unspecified atom stereocenters. The summed E-state index contributed by atoms with van der Waals surface area (Å²) < 4.78 is 11.2. The van der Waals surface area contributed by atoms with Gasteiger partial charge in [-0.3, -0.25) is 30.6 Å². The van der Waals surface area contributed by atoms with Crippen LogP contribution in [0.3, 0.4) is 0 Å². The van der Waals surface area contributed by atoms with E-state index in [1.54, 1.807) is 73.8 Å². The summed E-state index contributed by atoms with van der Waals surface area (Å²) in [6.45, 7) is 0.634. The third kappa shape index (κ3) is 7.87. The zero-order valence-corrected chi connectivity index (χ0v) is 21.6. The molecule has 0 aliphatic heterocycles. The van der Waals surface area contributed by atoms with Crippen molar-refractivity contribution in [2.24, 2.45) is 0 Å². The number of benzene rings is 3. The molecule has 0 saturated carbocycles. The van der Waals surface area contributed by atoms with E-state index in [0.717, 1.165) is 0 Å². The average Bonchev–Trinajstić information content (AvgIpc) is 2.89. The highest BCUT2D eigenvalue weighted by Gasteiger charge is 2.15. The Morgan fingerprint density at radius 3 is 2.22 bits per heavy atom. The molecule has 0 bridgehead atoms. The van der Waals surface area contributed by atoms with Gasteiger partial charge in [0.15, 0.2) is 5.11 Å². The van der Waals surface area contributed by atoms with Gasteiger partial charge in [-0.1, -0.05) is 34.1 Å². The molecular formula is C25H23BrN4O5S. The number of carbonyl (C=O) groups excluding carboxylic acids is 3. The molecule has 36 heavy (non-hydrogen) atoms. The van der Waals surface area contributed by atoms with Gasteiger partial charge in [0, 0.05) is 28.4 Å². The number of halogens is 1. The molecule has 0 spiro atoms. The largest absolute Gasteiger partial charge is 0.490 e. The number of hydrogen-bond acceptors (Lipinski definition) is 6. The molecule has 0 heterocycles. The Kier molecular flexibility index (Phi) is 9.92. The van der Waals surface area contributed by atoms with Crippen LogP contribution in [0.15, 0.2) is 77.3 Å². The number of thiocarbonyl (C=S) groups is 1. The monoisotopic (exact) mass is 570 g/mol. The van der Waals surface area contributed by atoms with E-state index in [0.29, 0.717) is 33.6 Å². The van der Waals surface area contributed by atoms with Crippen LogP contribution >= 0.6 is 28.1 Å². The summed E-state index contributed by atoms with van der Waals surface area (Å²) in [6.07, 6.45) is 0. The smallest absolute Gasteiger partial charge is 0.269 e. The summed E-state index contributed by atoms with van der Waals surface area (Å²) in [5.74, 6) is -0.903. The Bertz CT molecular complexity index is 1240. The topological polar surface area (TPSA) is 118 Å². The van der Waals surface area contributed by atoms with Crippen LogP contribution in [-0.2, 0) is 4.74 Å². The van der Waals surface area contributed by atoms with Crippen molar-refractivity contribution in [1.82, 2.24) is 16.2 Å². The molecule has 0 fully saturated rings. The van der Waals surface area contributed by atoms with Crippen LogP contribution in [0, 0.1) is 0 Å². The molecule has 3 aromatic carbocycles. The zero-order valence-electron chi connectivity index (χ0n) is 19.2. The van der Waals surface area contributed by atoms with Gasteiger partial charge in [-0.05, 0) is 66.8 Å². The first-order chi connectivity index (χ1) is 17.4. The molecule has 0 aliphatic rings. The van der Waals surface area contributed by atoms with Crippen molar-refractivity contribution in [2.75, 3.05) is 25.6 Å². The Labute approximate surface area is 221 Å². The molecule has 0 saturated heterocycles. The lowest BCUT2D eigenvalue weighted by Crippen LogP contribution is -2.48. The lowest BCUT2D eigenvalue weighted by Gasteiger charge is -2.14. The highest BCUT2D eigenvalue weighted by molar-refractivity contribution is 9.10. The van der Waals surface area contributed by atoms with E-state index in [4.69, 9.17) is 21.7 Å². The number of nitrogens with one attached hydrogen (secondary N) is 4. The fourth-order valence-electron chi connectivity index (χ4n) is 2.93. The van der Waals surface area contributed by atoms with Crippen molar-refractivity contribution in [3.05, 3.63) is 94.0 Å². The average molecular weight is 571 g/mol. The van der Waals surface area contributed by atoms with E-state index in [2.05, 4.69) is 37.4 Å². The van der Waals surface area contributed by atoms with Gasteiger partial charge in [0.05, 0.1) is 12.2 Å². The predicted molar refractivity (Wildman–Crippen MR) is 143 cm³/mol. The van der Waals surface area contributed by atoms with Crippen molar-refractivity contribution in [3.8, 4) is 5.75 Å². The molecule has 9 nitrogen and oxygen atoms in total. The number of ether oxygens (including phenoxy) is 2. The highest BCUT2D eigenvalue weighted by Crippen LogP contribution is 2.23. The van der Waals surface area contributed by atoms with E-state index >= 15 is 0 Å². The molecule has 0 aliphatic carbocycles.